The summed E-state index contributed by atoms with van der Waals surface area (Å²) in [5, 5.41) is 18.2. The SMILES string of the molecule is C[C@@H]1CN(c2cc(-c3ccccc3O)nnc2N)C[C@H](C)O1. The van der Waals surface area contributed by atoms with Gasteiger partial charge in [-0.1, -0.05) is 12.1 Å². The molecular weight excluding hydrogens is 280 g/mol. The van der Waals surface area contributed by atoms with Gasteiger partial charge in [0.2, 0.25) is 0 Å². The van der Waals surface area contributed by atoms with Crippen LogP contribution in [0, 0.1) is 0 Å². The van der Waals surface area contributed by atoms with Gasteiger partial charge in [0, 0.05) is 18.7 Å². The van der Waals surface area contributed by atoms with Crippen LogP contribution in [-0.4, -0.2) is 40.6 Å². The molecule has 116 valence electrons. The zero-order valence-electron chi connectivity index (χ0n) is 12.7. The monoisotopic (exact) mass is 300 g/mol. The maximum Gasteiger partial charge on any atom is 0.169 e. The minimum atomic E-state index is 0.130. The number of phenols is 1. The Hall–Kier alpha value is -2.34. The summed E-state index contributed by atoms with van der Waals surface area (Å²) in [7, 11) is 0. The summed E-state index contributed by atoms with van der Waals surface area (Å²) in [4.78, 5) is 2.16. The van der Waals surface area contributed by atoms with Crippen molar-refractivity contribution in [3.63, 3.8) is 0 Å². The fourth-order valence-corrected chi connectivity index (χ4v) is 2.84. The average Bonchev–Trinajstić information content (AvgIpc) is 2.47. The molecule has 0 bridgehead atoms. The second kappa shape index (κ2) is 5.81. The van der Waals surface area contributed by atoms with Gasteiger partial charge in [0.05, 0.1) is 23.6 Å². The smallest absolute Gasteiger partial charge is 0.169 e. The van der Waals surface area contributed by atoms with Gasteiger partial charge in [0.15, 0.2) is 5.82 Å². The molecule has 0 amide bonds. The van der Waals surface area contributed by atoms with Crippen molar-refractivity contribution >= 4 is 11.5 Å². The van der Waals surface area contributed by atoms with Crippen LogP contribution in [0.3, 0.4) is 0 Å². The third kappa shape index (κ3) is 2.82. The Bertz CT molecular complexity index is 667. The first-order chi connectivity index (χ1) is 10.5. The van der Waals surface area contributed by atoms with Crippen molar-refractivity contribution in [3.05, 3.63) is 30.3 Å². The Kier molecular flexibility index (Phi) is 3.85. The highest BCUT2D eigenvalue weighted by Gasteiger charge is 2.24. The molecule has 6 nitrogen and oxygen atoms in total. The number of nitrogen functional groups attached to an aromatic ring is 1. The number of benzene rings is 1. The van der Waals surface area contributed by atoms with Gasteiger partial charge in [-0.3, -0.25) is 0 Å². The van der Waals surface area contributed by atoms with Crippen LogP contribution in [0.25, 0.3) is 11.3 Å². The minimum Gasteiger partial charge on any atom is -0.507 e. The molecule has 3 rings (SSSR count). The van der Waals surface area contributed by atoms with E-state index < -0.39 is 0 Å². The number of aromatic hydroxyl groups is 1. The van der Waals surface area contributed by atoms with E-state index in [-0.39, 0.29) is 18.0 Å². The van der Waals surface area contributed by atoms with E-state index in [1.165, 1.54) is 0 Å². The number of phenolic OH excluding ortho intramolecular Hbond substituents is 1. The molecular formula is C16H20N4O2. The number of ether oxygens (including phenoxy) is 1. The van der Waals surface area contributed by atoms with E-state index in [2.05, 4.69) is 15.1 Å². The van der Waals surface area contributed by atoms with Crippen LogP contribution < -0.4 is 10.6 Å². The second-order valence-electron chi connectivity index (χ2n) is 5.68. The van der Waals surface area contributed by atoms with Crippen LogP contribution in [-0.2, 0) is 4.74 Å². The maximum absolute atomic E-state index is 9.99. The Morgan fingerprint density at radius 3 is 2.55 bits per heavy atom. The molecule has 0 saturated carbocycles. The van der Waals surface area contributed by atoms with Crippen molar-refractivity contribution in [2.45, 2.75) is 26.1 Å². The van der Waals surface area contributed by atoms with Crippen LogP contribution in [0.4, 0.5) is 11.5 Å². The standard InChI is InChI=1S/C16H20N4O2/c1-10-8-20(9-11(2)22-10)14-7-13(18-19-16(14)17)12-5-3-4-6-15(12)21/h3-7,10-11,21H,8-9H2,1-2H3,(H2,17,19)/t10-,11+. The summed E-state index contributed by atoms with van der Waals surface area (Å²) in [6.07, 6.45) is 0.259. The predicted molar refractivity (Wildman–Crippen MR) is 85.8 cm³/mol. The lowest BCUT2D eigenvalue weighted by Gasteiger charge is -2.37. The third-order valence-corrected chi connectivity index (χ3v) is 3.74. The molecule has 1 aliphatic heterocycles. The number of aromatic nitrogens is 2. The van der Waals surface area contributed by atoms with Crippen molar-refractivity contribution in [2.24, 2.45) is 0 Å². The van der Waals surface area contributed by atoms with Crippen LogP contribution in [0.15, 0.2) is 30.3 Å². The van der Waals surface area contributed by atoms with Crippen molar-refractivity contribution in [3.8, 4) is 17.0 Å². The fraction of sp³-hybridized carbons (Fsp3) is 0.375. The summed E-state index contributed by atoms with van der Waals surface area (Å²) >= 11 is 0. The Labute approximate surface area is 129 Å². The first-order valence-electron chi connectivity index (χ1n) is 7.36. The second-order valence-corrected chi connectivity index (χ2v) is 5.68. The molecule has 0 spiro atoms. The molecule has 1 aromatic heterocycles. The normalized spacial score (nSPS) is 21.8. The van der Waals surface area contributed by atoms with E-state index in [0.29, 0.717) is 17.1 Å². The summed E-state index contributed by atoms with van der Waals surface area (Å²) in [6, 6.07) is 8.94. The topological polar surface area (TPSA) is 84.5 Å². The van der Waals surface area contributed by atoms with Gasteiger partial charge < -0.3 is 20.5 Å². The molecule has 2 aromatic rings. The zero-order chi connectivity index (χ0) is 15.7. The van der Waals surface area contributed by atoms with Crippen LogP contribution >= 0.6 is 0 Å². The molecule has 22 heavy (non-hydrogen) atoms. The summed E-state index contributed by atoms with van der Waals surface area (Å²) in [6.45, 7) is 5.58. The molecule has 1 aromatic carbocycles. The van der Waals surface area contributed by atoms with Gasteiger partial charge >= 0.3 is 0 Å². The van der Waals surface area contributed by atoms with Crippen molar-refractivity contribution < 1.29 is 9.84 Å². The number of hydrogen-bond acceptors (Lipinski definition) is 6. The Morgan fingerprint density at radius 1 is 1.18 bits per heavy atom. The average molecular weight is 300 g/mol. The number of anilines is 2. The Balaban J connectivity index is 1.98. The van der Waals surface area contributed by atoms with Gasteiger partial charge in [-0.25, -0.2) is 0 Å². The summed E-state index contributed by atoms with van der Waals surface area (Å²) in [5.41, 5.74) is 8.09. The number of para-hydroxylation sites is 1. The summed E-state index contributed by atoms with van der Waals surface area (Å²) < 4.78 is 5.75. The molecule has 2 atom stereocenters. The van der Waals surface area contributed by atoms with E-state index in [4.69, 9.17) is 10.5 Å². The Morgan fingerprint density at radius 2 is 1.86 bits per heavy atom. The highest BCUT2D eigenvalue weighted by Crippen LogP contribution is 2.32. The van der Waals surface area contributed by atoms with Gasteiger partial charge in [-0.15, -0.1) is 10.2 Å². The molecule has 0 aliphatic carbocycles. The molecule has 0 radical (unpaired) electrons. The molecule has 1 fully saturated rings. The van der Waals surface area contributed by atoms with Gasteiger partial charge in [-0.05, 0) is 32.0 Å². The van der Waals surface area contributed by atoms with Crippen LogP contribution in [0.5, 0.6) is 5.75 Å². The first kappa shape index (κ1) is 14.6. The molecule has 1 saturated heterocycles. The first-order valence-corrected chi connectivity index (χ1v) is 7.36. The molecule has 1 aliphatic rings. The molecule has 6 heteroatoms. The van der Waals surface area contributed by atoms with Crippen molar-refractivity contribution in [1.82, 2.24) is 10.2 Å². The van der Waals surface area contributed by atoms with E-state index in [9.17, 15) is 5.11 Å². The van der Waals surface area contributed by atoms with E-state index in [1.807, 2.05) is 32.0 Å². The van der Waals surface area contributed by atoms with Gasteiger partial charge in [-0.2, -0.15) is 0 Å². The number of rotatable bonds is 2. The number of nitrogens with zero attached hydrogens (tertiary/aromatic N) is 3. The molecule has 0 unspecified atom stereocenters. The van der Waals surface area contributed by atoms with E-state index in [1.54, 1.807) is 12.1 Å². The zero-order valence-corrected chi connectivity index (χ0v) is 12.7. The van der Waals surface area contributed by atoms with Crippen molar-refractivity contribution in [2.75, 3.05) is 23.7 Å². The lowest BCUT2D eigenvalue weighted by molar-refractivity contribution is -0.00519. The molecule has 3 N–H and O–H groups in total. The highest BCUT2D eigenvalue weighted by molar-refractivity contribution is 5.74. The third-order valence-electron chi connectivity index (χ3n) is 3.74. The van der Waals surface area contributed by atoms with Crippen LogP contribution in [0.2, 0.25) is 0 Å². The highest BCUT2D eigenvalue weighted by atomic mass is 16.5. The predicted octanol–water partition coefficient (Wildman–Crippen LogP) is 2.04. The van der Waals surface area contributed by atoms with Crippen LogP contribution in [0.1, 0.15) is 13.8 Å². The quantitative estimate of drug-likeness (QED) is 0.883. The fourth-order valence-electron chi connectivity index (χ4n) is 2.84. The minimum absolute atomic E-state index is 0.130. The van der Waals surface area contributed by atoms with E-state index >= 15 is 0 Å². The lowest BCUT2D eigenvalue weighted by Crippen LogP contribution is -2.45. The summed E-state index contributed by atoms with van der Waals surface area (Å²) in [5.74, 6) is 0.566. The van der Waals surface area contributed by atoms with Gasteiger partial charge in [0.25, 0.3) is 0 Å². The largest absolute Gasteiger partial charge is 0.507 e. The maximum atomic E-state index is 9.99. The molecule has 2 heterocycles. The van der Waals surface area contributed by atoms with E-state index in [0.717, 1.165) is 18.8 Å². The lowest BCUT2D eigenvalue weighted by atomic mass is 10.1. The number of morpholine rings is 1. The van der Waals surface area contributed by atoms with Gasteiger partial charge in [0.1, 0.15) is 5.75 Å². The number of hydrogen-bond donors (Lipinski definition) is 2. The number of nitrogens with two attached hydrogens (primary N) is 1. The van der Waals surface area contributed by atoms with Crippen molar-refractivity contribution in [1.29, 1.82) is 0 Å².